The van der Waals surface area contributed by atoms with Crippen molar-refractivity contribution in [2.24, 2.45) is 11.7 Å². The predicted molar refractivity (Wildman–Crippen MR) is 59.6 cm³/mol. The molecule has 0 aromatic carbocycles. The summed E-state index contributed by atoms with van der Waals surface area (Å²) < 4.78 is 0. The molecule has 0 aliphatic carbocycles. The monoisotopic (exact) mass is 249 g/mol. The fourth-order valence-electron chi connectivity index (χ4n) is 0.711. The van der Waals surface area contributed by atoms with E-state index in [0.717, 1.165) is 6.42 Å². The molecule has 0 aliphatic heterocycles. The number of carboxylic acids is 3. The van der Waals surface area contributed by atoms with Crippen molar-refractivity contribution in [1.82, 2.24) is 0 Å². The van der Waals surface area contributed by atoms with Crippen molar-refractivity contribution >= 4 is 17.9 Å². The molecule has 0 aliphatic rings. The van der Waals surface area contributed by atoms with Gasteiger partial charge in [-0.25, -0.2) is 0 Å². The van der Waals surface area contributed by atoms with Crippen molar-refractivity contribution in [1.29, 1.82) is 0 Å². The number of hydrogen-bond donors (Lipinski definition) is 4. The second-order valence-corrected chi connectivity index (χ2v) is 3.54. The number of carbonyl (C=O) groups is 3. The minimum atomic E-state index is -1.08. The van der Waals surface area contributed by atoms with Crippen molar-refractivity contribution in [2.45, 2.75) is 39.2 Å². The van der Waals surface area contributed by atoms with Gasteiger partial charge in [-0.2, -0.15) is 0 Å². The smallest absolute Gasteiger partial charge is 0.320 e. The van der Waals surface area contributed by atoms with Crippen LogP contribution in [0.15, 0.2) is 0 Å². The first-order valence-corrected chi connectivity index (χ1v) is 5.14. The quantitative estimate of drug-likeness (QED) is 0.533. The zero-order valence-electron chi connectivity index (χ0n) is 9.92. The molecule has 0 aromatic rings. The van der Waals surface area contributed by atoms with Crippen LogP contribution in [0.5, 0.6) is 0 Å². The van der Waals surface area contributed by atoms with E-state index in [2.05, 4.69) is 0 Å². The van der Waals surface area contributed by atoms with Crippen LogP contribution in [0.25, 0.3) is 0 Å². The molecule has 17 heavy (non-hydrogen) atoms. The Morgan fingerprint density at radius 3 is 1.53 bits per heavy atom. The van der Waals surface area contributed by atoms with Gasteiger partial charge >= 0.3 is 17.9 Å². The Bertz CT molecular complexity index is 252. The summed E-state index contributed by atoms with van der Waals surface area (Å²) >= 11 is 0. The fourth-order valence-corrected chi connectivity index (χ4v) is 0.711. The molecule has 0 fully saturated rings. The van der Waals surface area contributed by atoms with Gasteiger partial charge in [0, 0.05) is 0 Å². The Balaban J connectivity index is 0. The highest BCUT2D eigenvalue weighted by atomic mass is 16.4. The van der Waals surface area contributed by atoms with Crippen molar-refractivity contribution in [3.8, 4) is 0 Å². The van der Waals surface area contributed by atoms with Crippen LogP contribution in [0, 0.1) is 5.92 Å². The van der Waals surface area contributed by atoms with E-state index in [4.69, 9.17) is 21.1 Å². The molecule has 0 saturated carbocycles. The maximum absolute atomic E-state index is 10.2. The van der Waals surface area contributed by atoms with Crippen molar-refractivity contribution in [3.63, 3.8) is 0 Å². The van der Waals surface area contributed by atoms with Gasteiger partial charge in [0.25, 0.3) is 0 Å². The first-order valence-electron chi connectivity index (χ1n) is 5.14. The number of hydrogen-bond acceptors (Lipinski definition) is 4. The second-order valence-electron chi connectivity index (χ2n) is 3.54. The lowest BCUT2D eigenvalue weighted by Gasteiger charge is -2.11. The van der Waals surface area contributed by atoms with Gasteiger partial charge in [-0.3, -0.25) is 14.4 Å². The molecule has 0 aromatic heterocycles. The van der Waals surface area contributed by atoms with Gasteiger partial charge in [-0.05, 0) is 5.92 Å². The summed E-state index contributed by atoms with van der Waals surface area (Å²) in [5.41, 5.74) is 5.27. The van der Waals surface area contributed by atoms with Crippen LogP contribution < -0.4 is 5.73 Å². The summed E-state index contributed by atoms with van der Waals surface area (Å²) in [7, 11) is 0. The van der Waals surface area contributed by atoms with Gasteiger partial charge < -0.3 is 21.1 Å². The van der Waals surface area contributed by atoms with E-state index in [0.29, 0.717) is 0 Å². The first kappa shape index (κ1) is 17.8. The van der Waals surface area contributed by atoms with Crippen LogP contribution in [-0.4, -0.2) is 39.3 Å². The minimum absolute atomic E-state index is 0.0718. The van der Waals surface area contributed by atoms with E-state index in [1.165, 1.54) is 0 Å². The maximum Gasteiger partial charge on any atom is 0.320 e. The van der Waals surface area contributed by atoms with Crippen LogP contribution in [0.4, 0.5) is 0 Å². The number of rotatable bonds is 6. The molecule has 7 heteroatoms. The Morgan fingerprint density at radius 2 is 1.41 bits per heavy atom. The Kier molecular flexibility index (Phi) is 10.0. The molecule has 0 rings (SSSR count). The predicted octanol–water partition coefficient (Wildman–Crippen LogP) is 0.380. The average Bonchev–Trinajstić information content (AvgIpc) is 2.24. The van der Waals surface area contributed by atoms with E-state index >= 15 is 0 Å². The molecule has 0 spiro atoms. The lowest BCUT2D eigenvalue weighted by molar-refractivity contribution is -0.143. The molecule has 2 unspecified atom stereocenters. The number of aliphatic carboxylic acids is 3. The summed E-state index contributed by atoms with van der Waals surface area (Å²) in [6.45, 7) is 3.76. The van der Waals surface area contributed by atoms with Crippen LogP contribution >= 0.6 is 0 Å². The van der Waals surface area contributed by atoms with E-state index in [-0.39, 0.29) is 18.8 Å². The SMILES string of the molecule is CCC(C)C(N)C(=O)O.O=C(O)CCC(=O)O. The molecule has 2 atom stereocenters. The molecular weight excluding hydrogens is 230 g/mol. The van der Waals surface area contributed by atoms with Crippen molar-refractivity contribution in [2.75, 3.05) is 0 Å². The van der Waals surface area contributed by atoms with Gasteiger partial charge in [0.05, 0.1) is 12.8 Å². The molecular formula is C10H19NO6. The lowest BCUT2D eigenvalue weighted by atomic mass is 10.0. The lowest BCUT2D eigenvalue weighted by Crippen LogP contribution is -2.36. The van der Waals surface area contributed by atoms with E-state index in [9.17, 15) is 14.4 Å². The van der Waals surface area contributed by atoms with Gasteiger partial charge in [0.15, 0.2) is 0 Å². The normalized spacial score (nSPS) is 12.9. The van der Waals surface area contributed by atoms with Gasteiger partial charge in [0.2, 0.25) is 0 Å². The number of carboxylic acid groups (broad SMARTS) is 3. The fraction of sp³-hybridized carbons (Fsp3) is 0.700. The minimum Gasteiger partial charge on any atom is -0.481 e. The van der Waals surface area contributed by atoms with E-state index in [1.54, 1.807) is 0 Å². The molecule has 0 amide bonds. The van der Waals surface area contributed by atoms with Crippen LogP contribution in [0.1, 0.15) is 33.1 Å². The average molecular weight is 249 g/mol. The Labute approximate surface area is 99.2 Å². The molecule has 0 bridgehead atoms. The molecule has 0 heterocycles. The van der Waals surface area contributed by atoms with Gasteiger partial charge in [-0.1, -0.05) is 20.3 Å². The maximum atomic E-state index is 10.2. The van der Waals surface area contributed by atoms with Crippen LogP contribution in [-0.2, 0) is 14.4 Å². The molecule has 7 nitrogen and oxygen atoms in total. The van der Waals surface area contributed by atoms with E-state index < -0.39 is 23.9 Å². The highest BCUT2D eigenvalue weighted by Crippen LogP contribution is 2.04. The van der Waals surface area contributed by atoms with Crippen molar-refractivity contribution in [3.05, 3.63) is 0 Å². The van der Waals surface area contributed by atoms with Crippen molar-refractivity contribution < 1.29 is 29.7 Å². The second kappa shape index (κ2) is 9.59. The molecule has 0 saturated heterocycles. The summed E-state index contributed by atoms with van der Waals surface area (Å²) in [6.07, 6.45) is 0.220. The third-order valence-corrected chi connectivity index (χ3v) is 2.09. The third kappa shape index (κ3) is 12.3. The zero-order chi connectivity index (χ0) is 14.0. The van der Waals surface area contributed by atoms with E-state index in [1.807, 2.05) is 13.8 Å². The first-order chi connectivity index (χ1) is 7.72. The Morgan fingerprint density at radius 1 is 1.06 bits per heavy atom. The molecule has 0 radical (unpaired) electrons. The standard InChI is InChI=1S/C6H13NO2.C4H6O4/c1-3-4(2)5(7)6(8)9;5-3(6)1-2-4(7)8/h4-5H,3,7H2,1-2H3,(H,8,9);1-2H2,(H,5,6)(H,7,8). The van der Waals surface area contributed by atoms with Crippen LogP contribution in [0.2, 0.25) is 0 Å². The third-order valence-electron chi connectivity index (χ3n) is 2.09. The summed E-state index contributed by atoms with van der Waals surface area (Å²) in [4.78, 5) is 29.5. The zero-order valence-corrected chi connectivity index (χ0v) is 9.92. The Hall–Kier alpha value is -1.63. The van der Waals surface area contributed by atoms with Crippen LogP contribution in [0.3, 0.4) is 0 Å². The molecule has 100 valence electrons. The van der Waals surface area contributed by atoms with Gasteiger partial charge in [0.1, 0.15) is 6.04 Å². The highest BCUT2D eigenvalue weighted by Gasteiger charge is 2.17. The topological polar surface area (TPSA) is 138 Å². The van der Waals surface area contributed by atoms with Gasteiger partial charge in [-0.15, -0.1) is 0 Å². The summed E-state index contributed by atoms with van der Waals surface area (Å²) in [5, 5.41) is 24.2. The highest BCUT2D eigenvalue weighted by molar-refractivity contribution is 5.75. The molecule has 5 N–H and O–H groups in total. The number of nitrogens with two attached hydrogens (primary N) is 1. The largest absolute Gasteiger partial charge is 0.481 e. The summed E-state index contributed by atoms with van der Waals surface area (Å²) in [5.74, 6) is -2.99. The summed E-state index contributed by atoms with van der Waals surface area (Å²) in [6, 6.07) is -0.699.